The molecule has 2 aliphatic rings. The summed E-state index contributed by atoms with van der Waals surface area (Å²) in [6, 6.07) is 11.9. The predicted octanol–water partition coefficient (Wildman–Crippen LogP) is 4.76. The molecule has 0 aliphatic carbocycles. The number of benzene rings is 2. The number of amides is 1. The van der Waals surface area contributed by atoms with Crippen LogP contribution < -0.4 is 25.6 Å². The van der Waals surface area contributed by atoms with Gasteiger partial charge in [0.05, 0.1) is 35.2 Å². The maximum atomic E-state index is 13.4. The zero-order valence-electron chi connectivity index (χ0n) is 25.3. The maximum Gasteiger partial charge on any atom is 0.247 e. The van der Waals surface area contributed by atoms with Crippen molar-refractivity contribution in [2.24, 2.45) is 18.9 Å². The van der Waals surface area contributed by atoms with Crippen LogP contribution in [0, 0.1) is 11.8 Å². The largest absolute Gasteiger partial charge is 0.494 e. The molecule has 0 spiro atoms. The first-order valence-electron chi connectivity index (χ1n) is 14.4. The Kier molecular flexibility index (Phi) is 7.52. The minimum atomic E-state index is -2.72. The van der Waals surface area contributed by atoms with E-state index in [2.05, 4.69) is 39.0 Å². The second kappa shape index (κ2) is 11.2. The maximum absolute atomic E-state index is 13.4. The number of nitrogens with zero attached hydrogens (tertiary/aromatic N) is 5. The van der Waals surface area contributed by atoms with Crippen molar-refractivity contribution >= 4 is 52.3 Å². The van der Waals surface area contributed by atoms with Crippen LogP contribution in [-0.2, 0) is 16.4 Å². The molecule has 2 atom stereocenters. The molecule has 0 saturated carbocycles. The topological polar surface area (TPSA) is 105 Å². The Morgan fingerprint density at radius 2 is 1.81 bits per heavy atom. The van der Waals surface area contributed by atoms with Crippen LogP contribution in [0.25, 0.3) is 22.2 Å². The first-order chi connectivity index (χ1) is 20.5. The summed E-state index contributed by atoms with van der Waals surface area (Å²) in [5.41, 5.74) is 4.70. The Morgan fingerprint density at radius 3 is 2.49 bits per heavy atom. The third kappa shape index (κ3) is 5.53. The number of para-hydroxylation sites is 1. The zero-order valence-corrected chi connectivity index (χ0v) is 26.2. The molecular formula is C32H38N7O3P. The minimum Gasteiger partial charge on any atom is -0.494 e. The van der Waals surface area contributed by atoms with Gasteiger partial charge in [0.1, 0.15) is 12.9 Å². The van der Waals surface area contributed by atoms with E-state index in [0.29, 0.717) is 45.9 Å². The van der Waals surface area contributed by atoms with Crippen molar-refractivity contribution in [3.05, 3.63) is 61.4 Å². The molecule has 1 amide bonds. The average Bonchev–Trinajstić information content (AvgIpc) is 3.63. The van der Waals surface area contributed by atoms with Crippen LogP contribution in [-0.4, -0.2) is 79.0 Å². The fraction of sp³-hybridized carbons (Fsp3) is 0.344. The second-order valence-electron chi connectivity index (χ2n) is 12.0. The van der Waals surface area contributed by atoms with E-state index in [0.717, 1.165) is 48.3 Å². The lowest BCUT2D eigenvalue weighted by Gasteiger charge is -2.26. The van der Waals surface area contributed by atoms with Gasteiger partial charge in [-0.1, -0.05) is 24.8 Å². The first kappa shape index (κ1) is 29.0. The number of methoxy groups -OCH3 is 1. The fourth-order valence-electron chi connectivity index (χ4n) is 6.48. The molecule has 2 aliphatic heterocycles. The fourth-order valence-corrected chi connectivity index (χ4v) is 7.50. The predicted molar refractivity (Wildman–Crippen MR) is 175 cm³/mol. The summed E-state index contributed by atoms with van der Waals surface area (Å²) in [5, 5.41) is 7.94. The summed E-state index contributed by atoms with van der Waals surface area (Å²) in [6.45, 7) is 11.1. The molecule has 224 valence electrons. The number of ether oxygens (including phenoxy) is 1. The van der Waals surface area contributed by atoms with E-state index < -0.39 is 7.14 Å². The lowest BCUT2D eigenvalue weighted by atomic mass is 10.0. The number of carbonyl (C=O) groups excluding carboxylic acids is 1. The van der Waals surface area contributed by atoms with Crippen molar-refractivity contribution < 1.29 is 14.1 Å². The van der Waals surface area contributed by atoms with Gasteiger partial charge in [-0.05, 0) is 50.4 Å². The van der Waals surface area contributed by atoms with Crippen LogP contribution in [0.3, 0.4) is 0 Å². The van der Waals surface area contributed by atoms with Crippen molar-refractivity contribution in [3.8, 4) is 17.0 Å². The molecule has 0 radical (unpaired) electrons. The molecule has 2 fully saturated rings. The average molecular weight is 600 g/mol. The van der Waals surface area contributed by atoms with Gasteiger partial charge in [0.25, 0.3) is 0 Å². The molecule has 2 saturated heterocycles. The quantitative estimate of drug-likeness (QED) is 0.221. The van der Waals surface area contributed by atoms with Crippen molar-refractivity contribution in [2.45, 2.75) is 0 Å². The van der Waals surface area contributed by atoms with Crippen LogP contribution in [0.15, 0.2) is 61.4 Å². The van der Waals surface area contributed by atoms with Crippen molar-refractivity contribution in [3.63, 3.8) is 0 Å². The number of aryl methyl sites for hydroxylation is 1. The highest BCUT2D eigenvalue weighted by Gasteiger charge is 2.39. The van der Waals surface area contributed by atoms with Gasteiger partial charge < -0.3 is 34.3 Å². The minimum absolute atomic E-state index is 0.294. The number of likely N-dealkylation sites (tertiary alicyclic amines) is 1. The van der Waals surface area contributed by atoms with Crippen molar-refractivity contribution in [2.75, 3.05) is 69.2 Å². The lowest BCUT2D eigenvalue weighted by Crippen LogP contribution is -2.27. The van der Waals surface area contributed by atoms with Crippen LogP contribution in [0.2, 0.25) is 0 Å². The van der Waals surface area contributed by atoms with Crippen molar-refractivity contribution in [1.29, 1.82) is 0 Å². The van der Waals surface area contributed by atoms with Gasteiger partial charge in [-0.15, -0.1) is 0 Å². The molecule has 2 aromatic carbocycles. The summed E-state index contributed by atoms with van der Waals surface area (Å²) in [7, 11) is 3.06. The highest BCUT2D eigenvalue weighted by Crippen LogP contribution is 2.43. The molecule has 4 aromatic rings. The Balaban J connectivity index is 1.41. The number of hydrogen-bond acceptors (Lipinski definition) is 8. The SMILES string of the molecule is C=CC(=O)Nc1cc(Nc2ncc(P(C)(C)=O)c(-c3cn(C)c4ccccc34)n2)c(OC)cc1N1C[C@H]2CN(C)C[C@H]2C1. The van der Waals surface area contributed by atoms with Gasteiger partial charge in [0.2, 0.25) is 11.9 Å². The summed E-state index contributed by atoms with van der Waals surface area (Å²) in [5.74, 6) is 1.80. The van der Waals surface area contributed by atoms with E-state index in [1.54, 1.807) is 26.6 Å². The second-order valence-corrected chi connectivity index (χ2v) is 15.2. The van der Waals surface area contributed by atoms with Gasteiger partial charge in [-0.2, -0.15) is 0 Å². The standard InChI is InChI=1S/C32H38N7O3P/c1-7-30(40)34-24-12-25(28(42-4)13-27(24)39-17-20-15-37(2)16-21(20)18-39)35-32-33-14-29(43(5,6)41)31(36-32)23-19-38(3)26-11-9-8-10-22(23)26/h7-14,19-21H,1,15-18H2,2-6H3,(H,34,40)(H,33,35,36)/t20-,21+. The number of rotatable bonds is 8. The number of hydrogen-bond donors (Lipinski definition) is 2. The molecule has 10 nitrogen and oxygen atoms in total. The molecule has 11 heteroatoms. The summed E-state index contributed by atoms with van der Waals surface area (Å²) in [6.07, 6.45) is 4.92. The lowest BCUT2D eigenvalue weighted by molar-refractivity contribution is -0.111. The molecule has 6 rings (SSSR count). The number of carbonyl (C=O) groups is 1. The Hall–Kier alpha value is -4.14. The van der Waals surface area contributed by atoms with Gasteiger partial charge in [0.15, 0.2) is 0 Å². The highest BCUT2D eigenvalue weighted by molar-refractivity contribution is 7.70. The molecule has 0 bridgehead atoms. The molecular weight excluding hydrogens is 561 g/mol. The zero-order chi connectivity index (χ0) is 30.5. The van der Waals surface area contributed by atoms with E-state index in [-0.39, 0.29) is 5.91 Å². The van der Waals surface area contributed by atoms with Gasteiger partial charge in [-0.25, -0.2) is 9.97 Å². The van der Waals surface area contributed by atoms with E-state index in [1.165, 1.54) is 6.08 Å². The number of anilines is 4. The number of aromatic nitrogens is 3. The normalized spacial score (nSPS) is 18.6. The molecule has 2 aromatic heterocycles. The van der Waals surface area contributed by atoms with E-state index in [9.17, 15) is 9.36 Å². The number of fused-ring (bicyclic) bond motifs is 2. The van der Waals surface area contributed by atoms with Crippen LogP contribution in [0.1, 0.15) is 0 Å². The summed E-state index contributed by atoms with van der Waals surface area (Å²) >= 11 is 0. The van der Waals surface area contributed by atoms with Crippen LogP contribution >= 0.6 is 7.14 Å². The summed E-state index contributed by atoms with van der Waals surface area (Å²) in [4.78, 5) is 26.7. The van der Waals surface area contributed by atoms with Crippen molar-refractivity contribution in [1.82, 2.24) is 19.4 Å². The van der Waals surface area contributed by atoms with Gasteiger partial charge >= 0.3 is 0 Å². The molecule has 4 heterocycles. The van der Waals surface area contributed by atoms with Crippen LogP contribution in [0.5, 0.6) is 5.75 Å². The monoisotopic (exact) mass is 599 g/mol. The Bertz CT molecular complexity index is 1760. The van der Waals surface area contributed by atoms with E-state index in [1.807, 2.05) is 54.2 Å². The third-order valence-corrected chi connectivity index (χ3v) is 10.0. The Morgan fingerprint density at radius 1 is 1.09 bits per heavy atom. The smallest absolute Gasteiger partial charge is 0.247 e. The third-order valence-electron chi connectivity index (χ3n) is 8.52. The Labute approximate surface area is 252 Å². The van der Waals surface area contributed by atoms with Gasteiger partial charge in [0, 0.05) is 68.2 Å². The highest BCUT2D eigenvalue weighted by atomic mass is 31.2. The molecule has 43 heavy (non-hydrogen) atoms. The first-order valence-corrected chi connectivity index (χ1v) is 17.0. The van der Waals surface area contributed by atoms with Crippen LogP contribution in [0.4, 0.5) is 23.0 Å². The molecule has 2 N–H and O–H groups in total. The van der Waals surface area contributed by atoms with E-state index >= 15 is 0 Å². The summed E-state index contributed by atoms with van der Waals surface area (Å²) < 4.78 is 21.2. The van der Waals surface area contributed by atoms with Gasteiger partial charge in [-0.3, -0.25) is 4.79 Å². The van der Waals surface area contributed by atoms with E-state index in [4.69, 9.17) is 9.72 Å². The number of nitrogens with one attached hydrogen (secondary N) is 2. The molecule has 0 unspecified atom stereocenters.